The van der Waals surface area contributed by atoms with Crippen LogP contribution in [0.1, 0.15) is 39.4 Å². The molecule has 0 saturated carbocycles. The maximum Gasteiger partial charge on any atom is 0.109 e. The molecule has 3 nitrogen and oxygen atoms in total. The summed E-state index contributed by atoms with van der Waals surface area (Å²) in [6, 6.07) is 9.02. The molecule has 0 amide bonds. The van der Waals surface area contributed by atoms with Crippen molar-refractivity contribution in [1.29, 1.82) is 0 Å². The fraction of sp³-hybridized carbons (Fsp3) is 0.562. The summed E-state index contributed by atoms with van der Waals surface area (Å²) >= 11 is 0. The van der Waals surface area contributed by atoms with E-state index in [4.69, 9.17) is 4.98 Å². The van der Waals surface area contributed by atoms with Crippen LogP contribution in [0.2, 0.25) is 0 Å². The van der Waals surface area contributed by atoms with Gasteiger partial charge in [-0.1, -0.05) is 32.9 Å². The number of aryl methyl sites for hydroxylation is 2. The van der Waals surface area contributed by atoms with Crippen molar-refractivity contribution in [3.63, 3.8) is 0 Å². The van der Waals surface area contributed by atoms with Crippen LogP contribution in [0.3, 0.4) is 0 Å². The summed E-state index contributed by atoms with van der Waals surface area (Å²) in [4.78, 5) is 4.71. The number of imidazole rings is 1. The third-order valence-electron chi connectivity index (χ3n) is 3.41. The molecule has 19 heavy (non-hydrogen) atoms. The fourth-order valence-corrected chi connectivity index (χ4v) is 2.43. The monoisotopic (exact) mass is 259 g/mol. The van der Waals surface area contributed by atoms with E-state index in [1.54, 1.807) is 0 Å². The summed E-state index contributed by atoms with van der Waals surface area (Å²) < 4.78 is 2.38. The molecule has 104 valence electrons. The summed E-state index contributed by atoms with van der Waals surface area (Å²) in [6.07, 6.45) is 3.42. The van der Waals surface area contributed by atoms with Gasteiger partial charge in [0.25, 0.3) is 0 Å². The number of hydrogen-bond donors (Lipinski definition) is 1. The van der Waals surface area contributed by atoms with Crippen LogP contribution in [0.15, 0.2) is 24.3 Å². The highest BCUT2D eigenvalue weighted by Gasteiger charge is 2.07. The SMILES string of the molecule is CCc1nc2ccccc2n1CCCCNC(C)C. The molecule has 1 aromatic heterocycles. The average molecular weight is 259 g/mol. The van der Waals surface area contributed by atoms with Gasteiger partial charge in [-0.15, -0.1) is 0 Å². The maximum absolute atomic E-state index is 4.71. The van der Waals surface area contributed by atoms with Gasteiger partial charge in [0.2, 0.25) is 0 Å². The van der Waals surface area contributed by atoms with Crippen molar-refractivity contribution in [3.8, 4) is 0 Å². The number of fused-ring (bicyclic) bond motifs is 1. The molecule has 0 unspecified atom stereocenters. The minimum Gasteiger partial charge on any atom is -0.328 e. The van der Waals surface area contributed by atoms with Crippen LogP contribution in [-0.4, -0.2) is 22.1 Å². The van der Waals surface area contributed by atoms with Crippen molar-refractivity contribution in [3.05, 3.63) is 30.1 Å². The van der Waals surface area contributed by atoms with E-state index >= 15 is 0 Å². The molecule has 0 aliphatic heterocycles. The van der Waals surface area contributed by atoms with Crippen molar-refractivity contribution in [2.24, 2.45) is 0 Å². The Kier molecular flexibility index (Phi) is 4.97. The van der Waals surface area contributed by atoms with Gasteiger partial charge in [0.1, 0.15) is 5.82 Å². The highest BCUT2D eigenvalue weighted by Crippen LogP contribution is 2.17. The Hall–Kier alpha value is -1.35. The number of para-hydroxylation sites is 2. The van der Waals surface area contributed by atoms with Crippen molar-refractivity contribution in [1.82, 2.24) is 14.9 Å². The second-order valence-corrected chi connectivity index (χ2v) is 5.34. The topological polar surface area (TPSA) is 29.9 Å². The van der Waals surface area contributed by atoms with E-state index in [0.717, 1.165) is 25.0 Å². The van der Waals surface area contributed by atoms with Crippen molar-refractivity contribution < 1.29 is 0 Å². The number of rotatable bonds is 7. The first-order valence-corrected chi connectivity index (χ1v) is 7.40. The van der Waals surface area contributed by atoms with Gasteiger partial charge in [0.05, 0.1) is 11.0 Å². The Morgan fingerprint density at radius 3 is 2.74 bits per heavy atom. The van der Waals surface area contributed by atoms with Crippen LogP contribution in [-0.2, 0) is 13.0 Å². The Bertz CT molecular complexity index is 514. The molecule has 1 heterocycles. The van der Waals surface area contributed by atoms with Crippen LogP contribution >= 0.6 is 0 Å². The van der Waals surface area contributed by atoms with Crippen LogP contribution in [0.5, 0.6) is 0 Å². The highest BCUT2D eigenvalue weighted by molar-refractivity contribution is 5.75. The zero-order chi connectivity index (χ0) is 13.7. The van der Waals surface area contributed by atoms with E-state index in [1.165, 1.54) is 24.2 Å². The Labute approximate surface area is 116 Å². The lowest BCUT2D eigenvalue weighted by molar-refractivity contribution is 0.529. The number of unbranched alkanes of at least 4 members (excludes halogenated alkanes) is 1. The minimum atomic E-state index is 0.584. The van der Waals surface area contributed by atoms with E-state index in [1.807, 2.05) is 0 Å². The number of nitrogens with zero attached hydrogens (tertiary/aromatic N) is 2. The predicted molar refractivity (Wildman–Crippen MR) is 81.5 cm³/mol. The largest absolute Gasteiger partial charge is 0.328 e. The highest BCUT2D eigenvalue weighted by atomic mass is 15.1. The van der Waals surface area contributed by atoms with E-state index in [-0.39, 0.29) is 0 Å². The quantitative estimate of drug-likeness (QED) is 0.773. The summed E-state index contributed by atoms with van der Waals surface area (Å²) in [6.45, 7) is 8.74. The minimum absolute atomic E-state index is 0.584. The first-order chi connectivity index (χ1) is 9.22. The van der Waals surface area contributed by atoms with Crippen LogP contribution in [0.25, 0.3) is 11.0 Å². The van der Waals surface area contributed by atoms with Gasteiger partial charge >= 0.3 is 0 Å². The maximum atomic E-state index is 4.71. The fourth-order valence-electron chi connectivity index (χ4n) is 2.43. The third kappa shape index (κ3) is 3.57. The van der Waals surface area contributed by atoms with Crippen molar-refractivity contribution >= 4 is 11.0 Å². The molecule has 3 heteroatoms. The average Bonchev–Trinajstić information content (AvgIpc) is 2.76. The molecule has 0 aliphatic carbocycles. The summed E-state index contributed by atoms with van der Waals surface area (Å²) in [5.41, 5.74) is 2.40. The van der Waals surface area contributed by atoms with Gasteiger partial charge < -0.3 is 9.88 Å². The van der Waals surface area contributed by atoms with Crippen LogP contribution < -0.4 is 5.32 Å². The second-order valence-electron chi connectivity index (χ2n) is 5.34. The van der Waals surface area contributed by atoms with E-state index in [0.29, 0.717) is 6.04 Å². The first kappa shape index (κ1) is 14.1. The predicted octanol–water partition coefficient (Wildman–Crippen LogP) is 3.38. The lowest BCUT2D eigenvalue weighted by Gasteiger charge is -2.10. The molecule has 2 aromatic rings. The third-order valence-corrected chi connectivity index (χ3v) is 3.41. The van der Waals surface area contributed by atoms with Crippen LogP contribution in [0.4, 0.5) is 0 Å². The van der Waals surface area contributed by atoms with E-state index < -0.39 is 0 Å². The van der Waals surface area contributed by atoms with Crippen molar-refractivity contribution in [2.45, 2.75) is 52.6 Å². The molecule has 0 aliphatic rings. The number of hydrogen-bond acceptors (Lipinski definition) is 2. The lowest BCUT2D eigenvalue weighted by Crippen LogP contribution is -2.23. The van der Waals surface area contributed by atoms with Gasteiger partial charge in [-0.25, -0.2) is 4.98 Å². The van der Waals surface area contributed by atoms with Gasteiger partial charge in [-0.3, -0.25) is 0 Å². The molecule has 0 radical (unpaired) electrons. The van der Waals surface area contributed by atoms with Gasteiger partial charge in [0.15, 0.2) is 0 Å². The lowest BCUT2D eigenvalue weighted by atomic mass is 10.2. The Balaban J connectivity index is 1.99. The Morgan fingerprint density at radius 1 is 1.21 bits per heavy atom. The molecule has 0 atom stereocenters. The first-order valence-electron chi connectivity index (χ1n) is 7.40. The number of benzene rings is 1. The summed E-state index contributed by atoms with van der Waals surface area (Å²) in [7, 11) is 0. The van der Waals surface area contributed by atoms with Crippen molar-refractivity contribution in [2.75, 3.05) is 6.54 Å². The van der Waals surface area contributed by atoms with Gasteiger partial charge in [-0.2, -0.15) is 0 Å². The molecule has 0 bridgehead atoms. The molecule has 2 rings (SSSR count). The standard InChI is InChI=1S/C16H25N3/c1-4-16-18-14-9-5-6-10-15(14)19(16)12-8-7-11-17-13(2)3/h5-6,9-10,13,17H,4,7-8,11-12H2,1-3H3. The molecular formula is C16H25N3. The van der Waals surface area contributed by atoms with Gasteiger partial charge in [-0.05, 0) is 31.5 Å². The normalized spacial score (nSPS) is 11.6. The second kappa shape index (κ2) is 6.71. The van der Waals surface area contributed by atoms with Gasteiger partial charge in [0, 0.05) is 19.0 Å². The summed E-state index contributed by atoms with van der Waals surface area (Å²) in [5.74, 6) is 1.21. The van der Waals surface area contributed by atoms with Crippen LogP contribution in [0, 0.1) is 0 Å². The zero-order valence-corrected chi connectivity index (χ0v) is 12.3. The molecule has 0 saturated heterocycles. The molecule has 0 spiro atoms. The Morgan fingerprint density at radius 2 is 2.00 bits per heavy atom. The summed E-state index contributed by atoms with van der Waals surface area (Å²) in [5, 5.41) is 3.47. The smallest absolute Gasteiger partial charge is 0.109 e. The molecular weight excluding hydrogens is 234 g/mol. The molecule has 1 N–H and O–H groups in total. The molecule has 1 aromatic carbocycles. The van der Waals surface area contributed by atoms with E-state index in [2.05, 4.69) is 54.9 Å². The molecule has 0 fully saturated rings. The number of nitrogens with one attached hydrogen (secondary N) is 1. The zero-order valence-electron chi connectivity index (χ0n) is 12.3. The number of aromatic nitrogens is 2. The van der Waals surface area contributed by atoms with E-state index in [9.17, 15) is 0 Å².